The van der Waals surface area contributed by atoms with E-state index in [4.69, 9.17) is 5.26 Å². The zero-order valence-electron chi connectivity index (χ0n) is 13.3. The van der Waals surface area contributed by atoms with Crippen LogP contribution in [0.3, 0.4) is 0 Å². The number of hydrogen-bond acceptors (Lipinski definition) is 3. The van der Waals surface area contributed by atoms with Gasteiger partial charge >= 0.3 is 0 Å². The van der Waals surface area contributed by atoms with Gasteiger partial charge in [-0.1, -0.05) is 38.1 Å². The van der Waals surface area contributed by atoms with E-state index in [-0.39, 0.29) is 12.1 Å². The lowest BCUT2D eigenvalue weighted by Gasteiger charge is -2.39. The van der Waals surface area contributed by atoms with E-state index in [2.05, 4.69) is 25.2 Å². The molecule has 116 valence electrons. The van der Waals surface area contributed by atoms with Crippen LogP contribution in [0.2, 0.25) is 0 Å². The van der Waals surface area contributed by atoms with Gasteiger partial charge in [-0.2, -0.15) is 5.26 Å². The van der Waals surface area contributed by atoms with E-state index in [1.807, 2.05) is 41.3 Å². The minimum atomic E-state index is -0.215. The number of nitriles is 1. The van der Waals surface area contributed by atoms with Gasteiger partial charge in [-0.05, 0) is 35.7 Å². The fourth-order valence-electron chi connectivity index (χ4n) is 2.88. The molecule has 2 aromatic rings. The van der Waals surface area contributed by atoms with Crippen LogP contribution in [0.4, 0.5) is 5.69 Å². The summed E-state index contributed by atoms with van der Waals surface area (Å²) in [6.07, 6.45) is -0.215. The first-order valence-corrected chi connectivity index (χ1v) is 7.76. The predicted molar refractivity (Wildman–Crippen MR) is 89.8 cm³/mol. The van der Waals surface area contributed by atoms with Crippen molar-refractivity contribution >= 4 is 11.6 Å². The Morgan fingerprint density at radius 2 is 1.87 bits per heavy atom. The van der Waals surface area contributed by atoms with Gasteiger partial charge in [0.15, 0.2) is 0 Å². The summed E-state index contributed by atoms with van der Waals surface area (Å²) in [5.74, 6) is 0.411. The number of nitrogens with zero attached hydrogens (tertiary/aromatic N) is 2. The third kappa shape index (κ3) is 2.91. The topological polar surface area (TPSA) is 56.1 Å². The first-order chi connectivity index (χ1) is 11.1. The molecule has 0 aliphatic carbocycles. The highest BCUT2D eigenvalue weighted by Crippen LogP contribution is 2.33. The number of hydrogen-bond donors (Lipinski definition) is 1. The van der Waals surface area contributed by atoms with Gasteiger partial charge in [-0.3, -0.25) is 4.79 Å². The lowest BCUT2D eigenvalue weighted by atomic mass is 10.0. The summed E-state index contributed by atoms with van der Waals surface area (Å²) in [5.41, 5.74) is 3.16. The molecule has 23 heavy (non-hydrogen) atoms. The summed E-state index contributed by atoms with van der Waals surface area (Å²) in [6, 6.07) is 17.1. The Bertz CT molecular complexity index is 759. The van der Waals surface area contributed by atoms with Crippen LogP contribution >= 0.6 is 0 Å². The normalized spacial score (nSPS) is 16.7. The number of nitrogens with one attached hydrogen (secondary N) is 1. The molecule has 1 N–H and O–H groups in total. The maximum atomic E-state index is 12.9. The standard InChI is InChI=1S/C19H19N3O/c1-13(2)12-22-18(15-9-7-14(11-20)8-10-15)21-17-6-4-3-5-16(17)19(22)23/h3-10,13,18,21H,12H2,1-2H3. The molecule has 0 saturated heterocycles. The second-order valence-electron chi connectivity index (χ2n) is 6.18. The molecule has 3 rings (SSSR count). The molecule has 1 unspecified atom stereocenters. The summed E-state index contributed by atoms with van der Waals surface area (Å²) in [5, 5.41) is 12.4. The first kappa shape index (κ1) is 15.1. The molecule has 0 radical (unpaired) electrons. The molecule has 0 fully saturated rings. The van der Waals surface area contributed by atoms with Gasteiger partial charge in [0.25, 0.3) is 5.91 Å². The summed E-state index contributed by atoms with van der Waals surface area (Å²) in [4.78, 5) is 14.8. The van der Waals surface area contributed by atoms with Crippen LogP contribution in [0.25, 0.3) is 0 Å². The summed E-state index contributed by atoms with van der Waals surface area (Å²) in [7, 11) is 0. The number of benzene rings is 2. The molecule has 1 heterocycles. The number of anilines is 1. The van der Waals surface area contributed by atoms with Gasteiger partial charge in [0.2, 0.25) is 0 Å². The van der Waals surface area contributed by atoms with Gasteiger partial charge in [0.05, 0.1) is 17.2 Å². The van der Waals surface area contributed by atoms with Crippen LogP contribution in [-0.4, -0.2) is 17.4 Å². The maximum Gasteiger partial charge on any atom is 0.257 e. The summed E-state index contributed by atoms with van der Waals surface area (Å²) >= 11 is 0. The van der Waals surface area contributed by atoms with Crippen LogP contribution in [0.5, 0.6) is 0 Å². The monoisotopic (exact) mass is 305 g/mol. The number of fused-ring (bicyclic) bond motifs is 1. The van der Waals surface area contributed by atoms with E-state index in [9.17, 15) is 4.79 Å². The molecule has 1 atom stereocenters. The fraction of sp³-hybridized carbons (Fsp3) is 0.263. The van der Waals surface area contributed by atoms with Crippen LogP contribution in [0.1, 0.15) is 41.5 Å². The van der Waals surface area contributed by atoms with Crippen LogP contribution in [-0.2, 0) is 0 Å². The van der Waals surface area contributed by atoms with Crippen molar-refractivity contribution in [3.05, 3.63) is 65.2 Å². The lowest BCUT2D eigenvalue weighted by molar-refractivity contribution is 0.0658. The molecular weight excluding hydrogens is 286 g/mol. The van der Waals surface area contributed by atoms with Crippen LogP contribution in [0, 0.1) is 17.2 Å². The van der Waals surface area contributed by atoms with Crippen molar-refractivity contribution < 1.29 is 4.79 Å². The number of carbonyl (C=O) groups is 1. The van der Waals surface area contributed by atoms with Crippen molar-refractivity contribution in [1.29, 1.82) is 5.26 Å². The molecule has 0 saturated carbocycles. The average Bonchev–Trinajstić information content (AvgIpc) is 2.57. The second-order valence-corrected chi connectivity index (χ2v) is 6.18. The number of para-hydroxylation sites is 1. The smallest absolute Gasteiger partial charge is 0.257 e. The molecular formula is C19H19N3O. The van der Waals surface area contributed by atoms with Crippen molar-refractivity contribution in [3.8, 4) is 6.07 Å². The Balaban J connectivity index is 2.02. The molecule has 1 aliphatic heterocycles. The Morgan fingerprint density at radius 3 is 2.52 bits per heavy atom. The van der Waals surface area contributed by atoms with Gasteiger partial charge in [-0.15, -0.1) is 0 Å². The maximum absolute atomic E-state index is 12.9. The van der Waals surface area contributed by atoms with Crippen molar-refractivity contribution in [2.75, 3.05) is 11.9 Å². The Labute approximate surface area is 136 Å². The molecule has 0 aromatic heterocycles. The summed E-state index contributed by atoms with van der Waals surface area (Å²) < 4.78 is 0. The Kier molecular flexibility index (Phi) is 4.03. The SMILES string of the molecule is CC(C)CN1C(=O)c2ccccc2NC1c1ccc(C#N)cc1. The quantitative estimate of drug-likeness (QED) is 0.939. The second kappa shape index (κ2) is 6.13. The van der Waals surface area contributed by atoms with E-state index in [0.29, 0.717) is 23.6 Å². The third-order valence-corrected chi connectivity index (χ3v) is 3.94. The van der Waals surface area contributed by atoms with Crippen LogP contribution in [0.15, 0.2) is 48.5 Å². The van der Waals surface area contributed by atoms with Crippen molar-refractivity contribution in [3.63, 3.8) is 0 Å². The highest BCUT2D eigenvalue weighted by atomic mass is 16.2. The number of carbonyl (C=O) groups excluding carboxylic acids is 1. The van der Waals surface area contributed by atoms with Gasteiger partial charge in [0.1, 0.15) is 6.17 Å². The molecule has 0 bridgehead atoms. The number of rotatable bonds is 3. The molecule has 4 nitrogen and oxygen atoms in total. The molecule has 1 aliphatic rings. The Morgan fingerprint density at radius 1 is 1.17 bits per heavy atom. The van der Waals surface area contributed by atoms with Crippen molar-refractivity contribution in [1.82, 2.24) is 4.90 Å². The molecule has 0 spiro atoms. The fourth-order valence-corrected chi connectivity index (χ4v) is 2.88. The number of amides is 1. The highest BCUT2D eigenvalue weighted by molar-refractivity contribution is 6.01. The lowest BCUT2D eigenvalue weighted by Crippen LogP contribution is -2.44. The third-order valence-electron chi connectivity index (χ3n) is 3.94. The van der Waals surface area contributed by atoms with Crippen molar-refractivity contribution in [2.45, 2.75) is 20.0 Å². The minimum Gasteiger partial charge on any atom is -0.361 e. The van der Waals surface area contributed by atoms with E-state index in [1.165, 1.54) is 0 Å². The van der Waals surface area contributed by atoms with Gasteiger partial charge in [0, 0.05) is 12.2 Å². The van der Waals surface area contributed by atoms with E-state index >= 15 is 0 Å². The van der Waals surface area contributed by atoms with E-state index < -0.39 is 0 Å². The highest BCUT2D eigenvalue weighted by Gasteiger charge is 2.32. The molecule has 4 heteroatoms. The molecule has 2 aromatic carbocycles. The van der Waals surface area contributed by atoms with Crippen molar-refractivity contribution in [2.24, 2.45) is 5.92 Å². The van der Waals surface area contributed by atoms with Gasteiger partial charge in [-0.25, -0.2) is 0 Å². The largest absolute Gasteiger partial charge is 0.361 e. The minimum absolute atomic E-state index is 0.0439. The Hall–Kier alpha value is -2.80. The summed E-state index contributed by atoms with van der Waals surface area (Å²) in [6.45, 7) is 4.87. The molecule has 1 amide bonds. The predicted octanol–water partition coefficient (Wildman–Crippen LogP) is 3.78. The van der Waals surface area contributed by atoms with E-state index in [0.717, 1.165) is 11.3 Å². The zero-order chi connectivity index (χ0) is 16.4. The zero-order valence-corrected chi connectivity index (χ0v) is 13.3. The average molecular weight is 305 g/mol. The van der Waals surface area contributed by atoms with Gasteiger partial charge < -0.3 is 10.2 Å². The van der Waals surface area contributed by atoms with E-state index in [1.54, 1.807) is 12.1 Å². The van der Waals surface area contributed by atoms with Crippen LogP contribution < -0.4 is 5.32 Å². The first-order valence-electron chi connectivity index (χ1n) is 7.76.